The van der Waals surface area contributed by atoms with Gasteiger partial charge in [0, 0.05) is 12.3 Å². The molecule has 0 aromatic rings. The van der Waals surface area contributed by atoms with Crippen LogP contribution in [-0.2, 0) is 4.79 Å². The summed E-state index contributed by atoms with van der Waals surface area (Å²) in [7, 11) is 0. The largest absolute Gasteiger partial charge is 0.392 e. The number of carbonyl (C=O) groups excluding carboxylic acids is 1. The van der Waals surface area contributed by atoms with Crippen molar-refractivity contribution >= 4 is 5.91 Å². The van der Waals surface area contributed by atoms with Crippen molar-refractivity contribution in [2.24, 2.45) is 23.5 Å². The molecule has 0 aromatic heterocycles. The summed E-state index contributed by atoms with van der Waals surface area (Å²) in [6.07, 6.45) is 13.7. The zero-order valence-electron chi connectivity index (χ0n) is 14.9. The maximum atomic E-state index is 10.8. The number of fused-ring (bicyclic) bond motifs is 1. The van der Waals surface area contributed by atoms with Gasteiger partial charge in [-0.1, -0.05) is 50.0 Å². The minimum atomic E-state index is -0.396. The van der Waals surface area contributed by atoms with E-state index in [-0.39, 0.29) is 17.9 Å². The van der Waals surface area contributed by atoms with Gasteiger partial charge < -0.3 is 15.9 Å². The van der Waals surface area contributed by atoms with Crippen molar-refractivity contribution in [3.05, 3.63) is 23.8 Å². The molecule has 1 amide bonds. The van der Waals surface area contributed by atoms with E-state index in [1.165, 1.54) is 5.57 Å². The van der Waals surface area contributed by atoms with Crippen molar-refractivity contribution in [1.29, 1.82) is 0 Å². The molecule has 0 saturated heterocycles. The molecule has 0 radical (unpaired) electrons. The number of amides is 1. The molecule has 136 valence electrons. The van der Waals surface area contributed by atoms with Gasteiger partial charge in [0.15, 0.2) is 0 Å². The van der Waals surface area contributed by atoms with Gasteiger partial charge in [0.1, 0.15) is 0 Å². The molecular weight excluding hydrogens is 302 g/mol. The molecule has 0 spiro atoms. The van der Waals surface area contributed by atoms with E-state index in [0.29, 0.717) is 18.3 Å². The van der Waals surface area contributed by atoms with Crippen molar-refractivity contribution in [2.45, 2.75) is 76.9 Å². The molecule has 2 aliphatic carbocycles. The van der Waals surface area contributed by atoms with E-state index in [1.54, 1.807) is 0 Å². The van der Waals surface area contributed by atoms with E-state index in [0.717, 1.165) is 51.4 Å². The van der Waals surface area contributed by atoms with E-state index in [2.05, 4.69) is 13.0 Å². The monoisotopic (exact) mass is 335 g/mol. The number of unbranched alkanes of at least 4 members (excludes halogenated alkanes) is 2. The average Bonchev–Trinajstić information content (AvgIpc) is 3.02. The first kappa shape index (κ1) is 19.2. The Balaban J connectivity index is 1.82. The molecule has 2 aliphatic rings. The Kier molecular flexibility index (Phi) is 7.50. The lowest BCUT2D eigenvalue weighted by molar-refractivity contribution is -0.118. The van der Waals surface area contributed by atoms with E-state index in [4.69, 9.17) is 5.73 Å². The lowest BCUT2D eigenvalue weighted by Crippen LogP contribution is -2.18. The molecule has 0 aromatic carbocycles. The summed E-state index contributed by atoms with van der Waals surface area (Å²) in [5, 5.41) is 20.4. The Morgan fingerprint density at radius 1 is 1.42 bits per heavy atom. The van der Waals surface area contributed by atoms with Crippen molar-refractivity contribution in [3.63, 3.8) is 0 Å². The molecule has 0 heterocycles. The third kappa shape index (κ3) is 5.45. The molecule has 4 N–H and O–H groups in total. The molecule has 0 bridgehead atoms. The minimum absolute atomic E-state index is 0.140. The van der Waals surface area contributed by atoms with E-state index < -0.39 is 6.10 Å². The van der Waals surface area contributed by atoms with E-state index in [9.17, 15) is 15.0 Å². The van der Waals surface area contributed by atoms with Crippen molar-refractivity contribution in [1.82, 2.24) is 0 Å². The Labute approximate surface area is 145 Å². The summed E-state index contributed by atoms with van der Waals surface area (Å²) < 4.78 is 0. The summed E-state index contributed by atoms with van der Waals surface area (Å²) in [5.74, 6) is 0.793. The lowest BCUT2D eigenvalue weighted by Gasteiger charge is -2.19. The van der Waals surface area contributed by atoms with Gasteiger partial charge in [-0.2, -0.15) is 0 Å². The second-order valence-corrected chi connectivity index (χ2v) is 7.51. The maximum absolute atomic E-state index is 10.8. The fraction of sp³-hybridized carbons (Fsp3) is 0.750. The highest BCUT2D eigenvalue weighted by Gasteiger charge is 2.43. The van der Waals surface area contributed by atoms with Crippen LogP contribution in [0.2, 0.25) is 0 Å². The predicted octanol–water partition coefficient (Wildman–Crippen LogP) is 3.08. The molecule has 1 fully saturated rings. The van der Waals surface area contributed by atoms with Gasteiger partial charge in [-0.15, -0.1) is 0 Å². The standard InChI is InChI=1S/C20H33NO3/c1-2-3-4-7-16(22)9-10-17-18-12-14(6-5-8-20(21)24)11-15(18)13-19(17)23/h9-11,15-19,22-23H,2-8,12-13H2,1H3,(H2,21,24)/b10-9+/t15-,16-,17+,18-,19+/m0/s1. The van der Waals surface area contributed by atoms with Crippen molar-refractivity contribution in [2.75, 3.05) is 0 Å². The van der Waals surface area contributed by atoms with Crippen LogP contribution in [0, 0.1) is 17.8 Å². The molecule has 0 unspecified atom stereocenters. The van der Waals surface area contributed by atoms with Crippen LogP contribution in [0.15, 0.2) is 23.8 Å². The van der Waals surface area contributed by atoms with Crippen LogP contribution in [0.25, 0.3) is 0 Å². The number of aliphatic hydroxyl groups is 2. The number of hydrogen-bond donors (Lipinski definition) is 3. The van der Waals surface area contributed by atoms with Crippen LogP contribution in [0.5, 0.6) is 0 Å². The molecule has 5 atom stereocenters. The number of primary amides is 1. The zero-order chi connectivity index (χ0) is 17.5. The van der Waals surface area contributed by atoms with Crippen LogP contribution in [-0.4, -0.2) is 28.3 Å². The van der Waals surface area contributed by atoms with Crippen LogP contribution in [0.3, 0.4) is 0 Å². The van der Waals surface area contributed by atoms with Gasteiger partial charge in [-0.3, -0.25) is 4.79 Å². The Morgan fingerprint density at radius 3 is 2.92 bits per heavy atom. The number of allylic oxidation sites excluding steroid dienone is 2. The van der Waals surface area contributed by atoms with E-state index >= 15 is 0 Å². The number of hydrogen-bond acceptors (Lipinski definition) is 3. The second-order valence-electron chi connectivity index (χ2n) is 7.51. The van der Waals surface area contributed by atoms with Crippen LogP contribution in [0.4, 0.5) is 0 Å². The fourth-order valence-electron chi connectivity index (χ4n) is 4.24. The molecule has 4 heteroatoms. The molecule has 2 rings (SSSR count). The molecule has 0 aliphatic heterocycles. The maximum Gasteiger partial charge on any atom is 0.217 e. The summed E-state index contributed by atoms with van der Waals surface area (Å²) >= 11 is 0. The number of carbonyl (C=O) groups is 1. The van der Waals surface area contributed by atoms with Crippen LogP contribution in [0.1, 0.15) is 64.7 Å². The molecule has 24 heavy (non-hydrogen) atoms. The highest BCUT2D eigenvalue weighted by molar-refractivity contribution is 5.73. The quantitative estimate of drug-likeness (QED) is 0.424. The molecule has 4 nitrogen and oxygen atoms in total. The predicted molar refractivity (Wildman–Crippen MR) is 96.1 cm³/mol. The van der Waals surface area contributed by atoms with Gasteiger partial charge >= 0.3 is 0 Å². The fourth-order valence-corrected chi connectivity index (χ4v) is 4.24. The van der Waals surface area contributed by atoms with Crippen LogP contribution >= 0.6 is 0 Å². The average molecular weight is 335 g/mol. The number of aliphatic hydroxyl groups excluding tert-OH is 2. The normalized spacial score (nSPS) is 30.5. The number of nitrogens with two attached hydrogens (primary N) is 1. The third-order valence-electron chi connectivity index (χ3n) is 5.53. The van der Waals surface area contributed by atoms with Gasteiger partial charge in [0.05, 0.1) is 12.2 Å². The van der Waals surface area contributed by atoms with E-state index in [1.807, 2.05) is 12.2 Å². The highest BCUT2D eigenvalue weighted by Crippen LogP contribution is 2.48. The van der Waals surface area contributed by atoms with Gasteiger partial charge in [0.25, 0.3) is 0 Å². The smallest absolute Gasteiger partial charge is 0.217 e. The third-order valence-corrected chi connectivity index (χ3v) is 5.53. The summed E-state index contributed by atoms with van der Waals surface area (Å²) in [6.45, 7) is 2.16. The summed E-state index contributed by atoms with van der Waals surface area (Å²) in [6, 6.07) is 0. The number of rotatable bonds is 10. The summed E-state index contributed by atoms with van der Waals surface area (Å²) in [4.78, 5) is 10.8. The summed E-state index contributed by atoms with van der Waals surface area (Å²) in [5.41, 5.74) is 6.60. The minimum Gasteiger partial charge on any atom is -0.392 e. The Hall–Kier alpha value is -1.13. The Bertz CT molecular complexity index is 472. The second kappa shape index (κ2) is 9.38. The SMILES string of the molecule is CCCCC[C@H](O)/C=C/[C@@H]1[C@H]2CC(CCCC(N)=O)=C[C@H]2C[C@H]1O. The zero-order valence-corrected chi connectivity index (χ0v) is 14.9. The highest BCUT2D eigenvalue weighted by atomic mass is 16.3. The first-order valence-corrected chi connectivity index (χ1v) is 9.53. The lowest BCUT2D eigenvalue weighted by atomic mass is 9.88. The van der Waals surface area contributed by atoms with Gasteiger partial charge in [-0.25, -0.2) is 0 Å². The first-order valence-electron chi connectivity index (χ1n) is 9.53. The van der Waals surface area contributed by atoms with Crippen LogP contribution < -0.4 is 5.73 Å². The van der Waals surface area contributed by atoms with Gasteiger partial charge in [-0.05, 0) is 43.9 Å². The topological polar surface area (TPSA) is 83.5 Å². The molecular formula is C20H33NO3. The first-order chi connectivity index (χ1) is 11.5. The van der Waals surface area contributed by atoms with Crippen molar-refractivity contribution < 1.29 is 15.0 Å². The van der Waals surface area contributed by atoms with Crippen molar-refractivity contribution in [3.8, 4) is 0 Å². The Morgan fingerprint density at radius 2 is 2.21 bits per heavy atom. The van der Waals surface area contributed by atoms with Gasteiger partial charge in [0.2, 0.25) is 5.91 Å². The molecule has 1 saturated carbocycles.